The standard InChI is InChI=1S/C18H35N/c1-3-5-6-7-8-9-18(19-12-4-2)17-14-15-10-11-16(17)13-15/h15-19H,3-14H2,1-2H3. The molecular formula is C18H35N. The lowest BCUT2D eigenvalue weighted by molar-refractivity contribution is 0.234. The number of nitrogens with one attached hydrogen (secondary N) is 1. The van der Waals surface area contributed by atoms with E-state index < -0.39 is 0 Å². The van der Waals surface area contributed by atoms with Gasteiger partial charge in [-0.15, -0.1) is 0 Å². The van der Waals surface area contributed by atoms with Crippen molar-refractivity contribution >= 4 is 0 Å². The molecule has 0 aromatic heterocycles. The monoisotopic (exact) mass is 265 g/mol. The van der Waals surface area contributed by atoms with Crippen molar-refractivity contribution in [1.82, 2.24) is 5.32 Å². The molecule has 0 amide bonds. The highest BCUT2D eigenvalue weighted by atomic mass is 14.9. The minimum absolute atomic E-state index is 0.844. The summed E-state index contributed by atoms with van der Waals surface area (Å²) in [5.41, 5.74) is 0. The molecule has 0 heterocycles. The first-order valence-corrected chi connectivity index (χ1v) is 9.08. The minimum atomic E-state index is 0.844. The number of hydrogen-bond acceptors (Lipinski definition) is 1. The van der Waals surface area contributed by atoms with E-state index in [1.807, 2.05) is 0 Å². The first-order chi connectivity index (χ1) is 9.35. The van der Waals surface area contributed by atoms with E-state index in [0.717, 1.165) is 23.8 Å². The number of rotatable bonds is 10. The Kier molecular flexibility index (Phi) is 6.70. The lowest BCUT2D eigenvalue weighted by atomic mass is 9.81. The molecule has 0 aromatic rings. The van der Waals surface area contributed by atoms with E-state index in [1.54, 1.807) is 12.8 Å². The first kappa shape index (κ1) is 15.4. The van der Waals surface area contributed by atoms with Gasteiger partial charge in [-0.2, -0.15) is 0 Å². The van der Waals surface area contributed by atoms with Crippen molar-refractivity contribution in [2.75, 3.05) is 6.54 Å². The molecule has 2 saturated carbocycles. The highest BCUT2D eigenvalue weighted by molar-refractivity contribution is 4.95. The van der Waals surface area contributed by atoms with Crippen molar-refractivity contribution in [2.45, 2.75) is 90.5 Å². The van der Waals surface area contributed by atoms with E-state index in [-0.39, 0.29) is 0 Å². The molecule has 0 spiro atoms. The summed E-state index contributed by atoms with van der Waals surface area (Å²) in [7, 11) is 0. The molecule has 2 bridgehead atoms. The second-order valence-electron chi connectivity index (χ2n) is 7.10. The van der Waals surface area contributed by atoms with Crippen molar-refractivity contribution in [2.24, 2.45) is 17.8 Å². The van der Waals surface area contributed by atoms with E-state index in [9.17, 15) is 0 Å². The Balaban J connectivity index is 1.72. The van der Waals surface area contributed by atoms with Crippen molar-refractivity contribution in [1.29, 1.82) is 0 Å². The van der Waals surface area contributed by atoms with Crippen LogP contribution in [0.2, 0.25) is 0 Å². The third-order valence-electron chi connectivity index (χ3n) is 5.58. The first-order valence-electron chi connectivity index (χ1n) is 9.08. The molecule has 0 aliphatic heterocycles. The Morgan fingerprint density at radius 2 is 1.79 bits per heavy atom. The second kappa shape index (κ2) is 8.29. The summed E-state index contributed by atoms with van der Waals surface area (Å²) < 4.78 is 0. The molecule has 1 heteroatoms. The maximum atomic E-state index is 3.89. The van der Waals surface area contributed by atoms with Gasteiger partial charge in [0.05, 0.1) is 0 Å². The molecule has 1 nitrogen and oxygen atoms in total. The Hall–Kier alpha value is -0.0400. The van der Waals surface area contributed by atoms with Crippen LogP contribution < -0.4 is 5.32 Å². The van der Waals surface area contributed by atoms with Crippen molar-refractivity contribution in [3.8, 4) is 0 Å². The lowest BCUT2D eigenvalue weighted by Gasteiger charge is -2.31. The molecule has 4 unspecified atom stereocenters. The number of unbranched alkanes of at least 4 members (excludes halogenated alkanes) is 4. The summed E-state index contributed by atoms with van der Waals surface area (Å²) in [5, 5.41) is 3.89. The normalized spacial score (nSPS) is 30.9. The van der Waals surface area contributed by atoms with Gasteiger partial charge in [-0.05, 0) is 56.4 Å². The quantitative estimate of drug-likeness (QED) is 0.539. The van der Waals surface area contributed by atoms with Gasteiger partial charge in [-0.1, -0.05) is 52.4 Å². The third-order valence-corrected chi connectivity index (χ3v) is 5.58. The molecule has 2 rings (SSSR count). The van der Waals surface area contributed by atoms with Crippen molar-refractivity contribution in [3.63, 3.8) is 0 Å². The molecule has 112 valence electrons. The zero-order valence-corrected chi connectivity index (χ0v) is 13.3. The molecular weight excluding hydrogens is 230 g/mol. The predicted molar refractivity (Wildman–Crippen MR) is 84.4 cm³/mol. The van der Waals surface area contributed by atoms with Gasteiger partial charge in [0.2, 0.25) is 0 Å². The third kappa shape index (κ3) is 4.48. The van der Waals surface area contributed by atoms with Gasteiger partial charge < -0.3 is 5.32 Å². The largest absolute Gasteiger partial charge is 0.314 e. The molecule has 2 aliphatic carbocycles. The van der Waals surface area contributed by atoms with Crippen LogP contribution in [0, 0.1) is 17.8 Å². The van der Waals surface area contributed by atoms with Crippen LogP contribution in [0.15, 0.2) is 0 Å². The predicted octanol–water partition coefficient (Wildman–Crippen LogP) is 5.15. The summed E-state index contributed by atoms with van der Waals surface area (Å²) in [5.74, 6) is 3.20. The zero-order chi connectivity index (χ0) is 13.5. The fourth-order valence-electron chi connectivity index (χ4n) is 4.55. The molecule has 2 fully saturated rings. The molecule has 0 radical (unpaired) electrons. The molecule has 0 aromatic carbocycles. The van der Waals surface area contributed by atoms with Crippen LogP contribution in [0.5, 0.6) is 0 Å². The van der Waals surface area contributed by atoms with Crippen LogP contribution in [0.25, 0.3) is 0 Å². The lowest BCUT2D eigenvalue weighted by Crippen LogP contribution is -2.39. The van der Waals surface area contributed by atoms with Crippen LogP contribution in [0.1, 0.15) is 84.5 Å². The number of hydrogen-bond donors (Lipinski definition) is 1. The summed E-state index contributed by atoms with van der Waals surface area (Å²) in [6.07, 6.45) is 16.1. The average molecular weight is 265 g/mol. The van der Waals surface area contributed by atoms with Crippen LogP contribution in [0.3, 0.4) is 0 Å². The maximum Gasteiger partial charge on any atom is 0.00980 e. The van der Waals surface area contributed by atoms with Crippen molar-refractivity contribution in [3.05, 3.63) is 0 Å². The summed E-state index contributed by atoms with van der Waals surface area (Å²) >= 11 is 0. The van der Waals surface area contributed by atoms with Gasteiger partial charge in [-0.3, -0.25) is 0 Å². The maximum absolute atomic E-state index is 3.89. The number of fused-ring (bicyclic) bond motifs is 2. The Labute approximate surface area is 120 Å². The minimum Gasteiger partial charge on any atom is -0.314 e. The van der Waals surface area contributed by atoms with E-state index in [1.165, 1.54) is 64.3 Å². The summed E-state index contributed by atoms with van der Waals surface area (Å²) in [4.78, 5) is 0. The zero-order valence-electron chi connectivity index (χ0n) is 13.3. The molecule has 1 N–H and O–H groups in total. The Bertz CT molecular complexity index is 238. The van der Waals surface area contributed by atoms with Gasteiger partial charge in [0.1, 0.15) is 0 Å². The van der Waals surface area contributed by atoms with Crippen molar-refractivity contribution < 1.29 is 0 Å². The van der Waals surface area contributed by atoms with E-state index >= 15 is 0 Å². The van der Waals surface area contributed by atoms with Gasteiger partial charge in [0.15, 0.2) is 0 Å². The van der Waals surface area contributed by atoms with E-state index in [4.69, 9.17) is 0 Å². The van der Waals surface area contributed by atoms with E-state index in [0.29, 0.717) is 0 Å². The van der Waals surface area contributed by atoms with Crippen LogP contribution in [0.4, 0.5) is 0 Å². The van der Waals surface area contributed by atoms with Gasteiger partial charge in [0, 0.05) is 6.04 Å². The highest BCUT2D eigenvalue weighted by Gasteiger charge is 2.42. The average Bonchev–Trinajstić information content (AvgIpc) is 3.04. The summed E-state index contributed by atoms with van der Waals surface area (Å²) in [6.45, 7) is 5.83. The highest BCUT2D eigenvalue weighted by Crippen LogP contribution is 2.50. The van der Waals surface area contributed by atoms with Gasteiger partial charge in [-0.25, -0.2) is 0 Å². The molecule has 2 aliphatic rings. The fourth-order valence-corrected chi connectivity index (χ4v) is 4.55. The van der Waals surface area contributed by atoms with Crippen LogP contribution in [-0.4, -0.2) is 12.6 Å². The SMILES string of the molecule is CCCCCCCC(NCCC)C1CC2CCC1C2. The molecule has 4 atom stereocenters. The Morgan fingerprint density at radius 1 is 0.947 bits per heavy atom. The summed E-state index contributed by atoms with van der Waals surface area (Å²) in [6, 6.07) is 0.844. The molecule has 19 heavy (non-hydrogen) atoms. The van der Waals surface area contributed by atoms with Gasteiger partial charge >= 0.3 is 0 Å². The Morgan fingerprint density at radius 3 is 2.42 bits per heavy atom. The topological polar surface area (TPSA) is 12.0 Å². The van der Waals surface area contributed by atoms with Gasteiger partial charge in [0.25, 0.3) is 0 Å². The molecule has 0 saturated heterocycles. The smallest absolute Gasteiger partial charge is 0.00980 e. The van der Waals surface area contributed by atoms with E-state index in [2.05, 4.69) is 19.2 Å². The van der Waals surface area contributed by atoms with Crippen LogP contribution >= 0.6 is 0 Å². The van der Waals surface area contributed by atoms with Crippen LogP contribution in [-0.2, 0) is 0 Å². The second-order valence-corrected chi connectivity index (χ2v) is 7.10. The fraction of sp³-hybridized carbons (Fsp3) is 1.00.